The SMILES string of the molecule is C[C@@H](CCS(=O)(=O)NCC1COC1)N1C(=O)[C@@](C)(CC(=O)O)C[C@H](c2cccc(Cl)c2)[C@H]1c1ccc(Cl)cc1. The standard InChI is InChI=1S/C28H34Cl2N2O6S/c1-18(10-11-39(36,37)31-15-19-16-38-17-19)32-26(20-6-8-22(29)9-7-20)24(21-4-3-5-23(30)12-21)13-28(2,27(32)35)14-25(33)34/h3-9,12,18-19,24,26,31H,10-11,13-17H2,1-2H3,(H,33,34)/t18-,24+,26+,28+/m0/s1. The Labute approximate surface area is 239 Å². The first-order valence-corrected chi connectivity index (χ1v) is 15.4. The number of ether oxygens (including phenoxy) is 1. The van der Waals surface area contributed by atoms with E-state index in [0.717, 1.165) is 11.1 Å². The maximum atomic E-state index is 14.1. The van der Waals surface area contributed by atoms with Gasteiger partial charge in [0.15, 0.2) is 0 Å². The number of sulfonamides is 1. The minimum absolute atomic E-state index is 0.170. The summed E-state index contributed by atoms with van der Waals surface area (Å²) >= 11 is 12.5. The molecule has 0 unspecified atom stereocenters. The first-order chi connectivity index (χ1) is 18.4. The van der Waals surface area contributed by atoms with Crippen molar-refractivity contribution >= 4 is 45.1 Å². The molecule has 0 bridgehead atoms. The Bertz CT molecular complexity index is 1300. The van der Waals surface area contributed by atoms with Crippen LogP contribution >= 0.6 is 23.2 Å². The molecule has 8 nitrogen and oxygen atoms in total. The van der Waals surface area contributed by atoms with Crippen molar-refractivity contribution in [1.82, 2.24) is 9.62 Å². The van der Waals surface area contributed by atoms with Gasteiger partial charge in [-0.2, -0.15) is 0 Å². The topological polar surface area (TPSA) is 113 Å². The number of likely N-dealkylation sites (tertiary alicyclic amines) is 1. The molecule has 0 radical (unpaired) electrons. The number of nitrogens with one attached hydrogen (secondary N) is 1. The van der Waals surface area contributed by atoms with Gasteiger partial charge in [0, 0.05) is 34.5 Å². The van der Waals surface area contributed by atoms with E-state index in [4.69, 9.17) is 27.9 Å². The molecule has 2 heterocycles. The van der Waals surface area contributed by atoms with E-state index >= 15 is 0 Å². The Morgan fingerprint density at radius 2 is 1.85 bits per heavy atom. The molecule has 11 heteroatoms. The van der Waals surface area contributed by atoms with Crippen LogP contribution in [0.4, 0.5) is 0 Å². The van der Waals surface area contributed by atoms with E-state index in [1.54, 1.807) is 30.0 Å². The summed E-state index contributed by atoms with van der Waals surface area (Å²) in [5, 5.41) is 10.8. The number of halogens is 2. The van der Waals surface area contributed by atoms with Gasteiger partial charge in [0.2, 0.25) is 15.9 Å². The highest BCUT2D eigenvalue weighted by Crippen LogP contribution is 2.52. The molecule has 2 N–H and O–H groups in total. The number of piperidine rings is 1. The van der Waals surface area contributed by atoms with Crippen molar-refractivity contribution in [2.75, 3.05) is 25.5 Å². The Morgan fingerprint density at radius 3 is 2.44 bits per heavy atom. The summed E-state index contributed by atoms with van der Waals surface area (Å²) in [4.78, 5) is 27.7. The van der Waals surface area contributed by atoms with Gasteiger partial charge in [0.25, 0.3) is 0 Å². The van der Waals surface area contributed by atoms with Crippen molar-refractivity contribution in [1.29, 1.82) is 0 Å². The van der Waals surface area contributed by atoms with E-state index < -0.39 is 33.5 Å². The van der Waals surface area contributed by atoms with E-state index in [1.165, 1.54) is 0 Å². The molecule has 0 saturated carbocycles. The quantitative estimate of drug-likeness (QED) is 0.382. The Balaban J connectivity index is 1.71. The second-order valence-corrected chi connectivity index (χ2v) is 13.7. The number of carboxylic acids is 1. The predicted octanol–water partition coefficient (Wildman–Crippen LogP) is 4.88. The van der Waals surface area contributed by atoms with Gasteiger partial charge in [-0.1, -0.05) is 54.4 Å². The highest BCUT2D eigenvalue weighted by molar-refractivity contribution is 7.89. The smallest absolute Gasteiger partial charge is 0.304 e. The van der Waals surface area contributed by atoms with E-state index in [9.17, 15) is 23.1 Å². The molecule has 39 heavy (non-hydrogen) atoms. The number of aliphatic carboxylic acids is 1. The average molecular weight is 598 g/mol. The van der Waals surface area contributed by atoms with Crippen LogP contribution in [-0.2, 0) is 24.3 Å². The molecule has 4 atom stereocenters. The average Bonchev–Trinajstić information content (AvgIpc) is 2.83. The van der Waals surface area contributed by atoms with Crippen molar-refractivity contribution in [3.8, 4) is 0 Å². The van der Waals surface area contributed by atoms with E-state index in [-0.39, 0.29) is 42.8 Å². The second-order valence-electron chi connectivity index (χ2n) is 10.9. The van der Waals surface area contributed by atoms with Crippen molar-refractivity contribution in [2.45, 2.75) is 51.1 Å². The fraction of sp³-hybridized carbons (Fsp3) is 0.500. The van der Waals surface area contributed by atoms with Gasteiger partial charge >= 0.3 is 5.97 Å². The number of nitrogens with zero attached hydrogens (tertiary/aromatic N) is 1. The van der Waals surface area contributed by atoms with Crippen LogP contribution in [-0.4, -0.2) is 61.9 Å². The molecule has 0 aromatic heterocycles. The molecule has 2 fully saturated rings. The monoisotopic (exact) mass is 596 g/mol. The highest BCUT2D eigenvalue weighted by atomic mass is 35.5. The van der Waals surface area contributed by atoms with Crippen molar-refractivity contribution in [2.24, 2.45) is 11.3 Å². The third-order valence-corrected chi connectivity index (χ3v) is 9.58. The number of benzene rings is 2. The first-order valence-electron chi connectivity index (χ1n) is 13.0. The summed E-state index contributed by atoms with van der Waals surface area (Å²) < 4.78 is 33.3. The number of amides is 1. The van der Waals surface area contributed by atoms with Crippen LogP contribution in [0.3, 0.4) is 0 Å². The molecule has 1 amide bonds. The molecular weight excluding hydrogens is 563 g/mol. The highest BCUT2D eigenvalue weighted by Gasteiger charge is 2.51. The minimum Gasteiger partial charge on any atom is -0.481 e. The zero-order chi connectivity index (χ0) is 28.4. The Kier molecular flexibility index (Phi) is 9.28. The van der Waals surface area contributed by atoms with Gasteiger partial charge in [0.1, 0.15) is 0 Å². The molecular formula is C28H34Cl2N2O6S. The van der Waals surface area contributed by atoms with Crippen molar-refractivity contribution in [3.05, 3.63) is 69.7 Å². The molecule has 2 aliphatic heterocycles. The molecule has 4 rings (SSSR count). The maximum Gasteiger partial charge on any atom is 0.304 e. The summed E-state index contributed by atoms with van der Waals surface area (Å²) in [5.74, 6) is -1.67. The largest absolute Gasteiger partial charge is 0.481 e. The minimum atomic E-state index is -3.58. The van der Waals surface area contributed by atoms with Crippen LogP contribution in [0.2, 0.25) is 10.0 Å². The number of hydrogen-bond donors (Lipinski definition) is 2. The lowest BCUT2D eigenvalue weighted by molar-refractivity contribution is -0.160. The van der Waals surface area contributed by atoms with Crippen molar-refractivity contribution in [3.63, 3.8) is 0 Å². The third-order valence-electron chi connectivity index (χ3n) is 7.71. The van der Waals surface area contributed by atoms with Crippen LogP contribution in [0.15, 0.2) is 48.5 Å². The van der Waals surface area contributed by atoms with Gasteiger partial charge in [-0.3, -0.25) is 9.59 Å². The lowest BCUT2D eigenvalue weighted by Crippen LogP contribution is -2.55. The van der Waals surface area contributed by atoms with Gasteiger partial charge in [-0.25, -0.2) is 13.1 Å². The zero-order valence-electron chi connectivity index (χ0n) is 22.0. The fourth-order valence-electron chi connectivity index (χ4n) is 5.55. The molecule has 2 aliphatic rings. The third kappa shape index (κ3) is 7.13. The predicted molar refractivity (Wildman–Crippen MR) is 150 cm³/mol. The Hall–Kier alpha value is -2.17. The summed E-state index contributed by atoms with van der Waals surface area (Å²) in [5.41, 5.74) is 0.505. The van der Waals surface area contributed by atoms with Gasteiger partial charge in [-0.05, 0) is 55.2 Å². The van der Waals surface area contributed by atoms with Crippen molar-refractivity contribution < 1.29 is 27.9 Å². The van der Waals surface area contributed by atoms with Crippen LogP contribution < -0.4 is 4.72 Å². The molecule has 2 aromatic rings. The second kappa shape index (κ2) is 12.1. The summed E-state index contributed by atoms with van der Waals surface area (Å²) in [6.45, 7) is 4.89. The Morgan fingerprint density at radius 1 is 1.15 bits per heavy atom. The lowest BCUT2D eigenvalue weighted by Gasteiger charge is -2.51. The lowest BCUT2D eigenvalue weighted by atomic mass is 9.67. The summed E-state index contributed by atoms with van der Waals surface area (Å²) in [7, 11) is -3.58. The number of carbonyl (C=O) groups is 2. The number of carboxylic acid groups (broad SMARTS) is 1. The van der Waals surface area contributed by atoms with Crippen LogP contribution in [0, 0.1) is 11.3 Å². The van der Waals surface area contributed by atoms with E-state index in [0.29, 0.717) is 29.8 Å². The van der Waals surface area contributed by atoms with Gasteiger partial charge in [0.05, 0.1) is 36.8 Å². The molecule has 2 saturated heterocycles. The number of carbonyl (C=O) groups excluding carboxylic acids is 1. The van der Waals surface area contributed by atoms with Gasteiger partial charge in [-0.15, -0.1) is 0 Å². The first kappa shape index (κ1) is 29.8. The van der Waals surface area contributed by atoms with Crippen LogP contribution in [0.25, 0.3) is 0 Å². The van der Waals surface area contributed by atoms with E-state index in [1.807, 2.05) is 37.3 Å². The fourth-order valence-corrected chi connectivity index (χ4v) is 7.16. The van der Waals surface area contributed by atoms with Crippen LogP contribution in [0.1, 0.15) is 56.2 Å². The molecule has 2 aromatic carbocycles. The molecule has 212 valence electrons. The normalized spacial score (nSPS) is 24.8. The number of rotatable bonds is 11. The summed E-state index contributed by atoms with van der Waals surface area (Å²) in [6.07, 6.45) is 0.124. The zero-order valence-corrected chi connectivity index (χ0v) is 24.3. The maximum absolute atomic E-state index is 14.1. The summed E-state index contributed by atoms with van der Waals surface area (Å²) in [6, 6.07) is 13.6. The van der Waals surface area contributed by atoms with Crippen LogP contribution in [0.5, 0.6) is 0 Å². The van der Waals surface area contributed by atoms with Gasteiger partial charge < -0.3 is 14.7 Å². The molecule has 0 spiro atoms. The van der Waals surface area contributed by atoms with E-state index in [2.05, 4.69) is 4.72 Å². The number of hydrogen-bond acceptors (Lipinski definition) is 5. The molecule has 0 aliphatic carbocycles.